The van der Waals surface area contributed by atoms with Crippen LogP contribution in [0, 0.1) is 17.7 Å². The number of amides is 2. The predicted molar refractivity (Wildman–Crippen MR) is 73.7 cm³/mol. The third-order valence-corrected chi connectivity index (χ3v) is 2.84. The summed E-state index contributed by atoms with van der Waals surface area (Å²) in [7, 11) is 0. The molecule has 6 heteroatoms. The molecular formula is C14H16FN3O2. The smallest absolute Gasteiger partial charge is 0.322 e. The summed E-state index contributed by atoms with van der Waals surface area (Å²) in [5.74, 6) is 4.73. The highest BCUT2D eigenvalue weighted by Crippen LogP contribution is 2.14. The van der Waals surface area contributed by atoms with Crippen LogP contribution < -0.4 is 11.1 Å². The molecule has 0 aliphatic carbocycles. The van der Waals surface area contributed by atoms with Gasteiger partial charge in [0.25, 0.3) is 0 Å². The first-order chi connectivity index (χ1) is 9.70. The zero-order valence-electron chi connectivity index (χ0n) is 11.0. The monoisotopic (exact) mass is 277 g/mol. The van der Waals surface area contributed by atoms with E-state index in [1.165, 1.54) is 12.1 Å². The van der Waals surface area contributed by atoms with Gasteiger partial charge in [0.15, 0.2) is 0 Å². The second-order valence-corrected chi connectivity index (χ2v) is 4.23. The minimum absolute atomic E-state index is 0.176. The fourth-order valence-electron chi connectivity index (χ4n) is 1.81. The summed E-state index contributed by atoms with van der Waals surface area (Å²) in [5, 5.41) is 2.65. The Kier molecular flexibility index (Phi) is 4.93. The zero-order chi connectivity index (χ0) is 14.4. The highest BCUT2D eigenvalue weighted by Gasteiger charge is 2.16. The fraction of sp³-hybridized carbons (Fsp3) is 0.357. The van der Waals surface area contributed by atoms with E-state index in [4.69, 9.17) is 10.5 Å². The minimum Gasteiger partial charge on any atom is -0.378 e. The van der Waals surface area contributed by atoms with Crippen LogP contribution in [0.15, 0.2) is 18.2 Å². The largest absolute Gasteiger partial charge is 0.378 e. The van der Waals surface area contributed by atoms with E-state index in [0.717, 1.165) is 0 Å². The molecule has 1 heterocycles. The lowest BCUT2D eigenvalue weighted by Crippen LogP contribution is -2.43. The van der Waals surface area contributed by atoms with Crippen molar-refractivity contribution in [3.63, 3.8) is 0 Å². The lowest BCUT2D eigenvalue weighted by atomic mass is 10.2. The summed E-state index contributed by atoms with van der Waals surface area (Å²) in [6.07, 6.45) is 0. The summed E-state index contributed by atoms with van der Waals surface area (Å²) < 4.78 is 18.9. The number of morpholine rings is 1. The highest BCUT2D eigenvalue weighted by molar-refractivity contribution is 5.89. The number of urea groups is 1. The van der Waals surface area contributed by atoms with Gasteiger partial charge in [-0.05, 0) is 18.2 Å². The van der Waals surface area contributed by atoms with E-state index in [2.05, 4.69) is 17.2 Å². The number of halogens is 1. The number of anilines is 1. The molecule has 0 aromatic heterocycles. The molecule has 1 aliphatic rings. The number of carbonyl (C=O) groups is 1. The maximum absolute atomic E-state index is 13.7. The standard InChI is InChI=1S/C14H16FN3O2/c15-13-10-12(4-3-11(13)2-1-5-16)17-14(19)18-6-8-20-9-7-18/h3-4,10H,5-9,16H2,(H,17,19). The van der Waals surface area contributed by atoms with E-state index in [-0.39, 0.29) is 18.1 Å². The number of hydrogen-bond acceptors (Lipinski definition) is 3. The summed E-state index contributed by atoms with van der Waals surface area (Å²) >= 11 is 0. The van der Waals surface area contributed by atoms with Crippen molar-refractivity contribution in [1.82, 2.24) is 4.90 Å². The van der Waals surface area contributed by atoms with E-state index in [1.54, 1.807) is 11.0 Å². The normalized spacial score (nSPS) is 14.4. The Morgan fingerprint density at radius 2 is 2.20 bits per heavy atom. The molecule has 1 aromatic rings. The van der Waals surface area contributed by atoms with E-state index in [1.807, 2.05) is 0 Å². The first-order valence-corrected chi connectivity index (χ1v) is 6.33. The van der Waals surface area contributed by atoms with E-state index < -0.39 is 5.82 Å². The zero-order valence-corrected chi connectivity index (χ0v) is 11.0. The second kappa shape index (κ2) is 6.89. The molecule has 0 radical (unpaired) electrons. The number of nitrogens with zero attached hydrogens (tertiary/aromatic N) is 1. The summed E-state index contributed by atoms with van der Waals surface area (Å²) in [4.78, 5) is 13.6. The Bertz CT molecular complexity index is 545. The van der Waals surface area contributed by atoms with E-state index >= 15 is 0 Å². The average molecular weight is 277 g/mol. The molecule has 1 saturated heterocycles. The molecule has 1 fully saturated rings. The van der Waals surface area contributed by atoms with Crippen LogP contribution >= 0.6 is 0 Å². The number of rotatable bonds is 1. The van der Waals surface area contributed by atoms with Gasteiger partial charge in [-0.15, -0.1) is 0 Å². The van der Waals surface area contributed by atoms with Crippen molar-refractivity contribution < 1.29 is 13.9 Å². The van der Waals surface area contributed by atoms with Crippen molar-refractivity contribution in [1.29, 1.82) is 0 Å². The van der Waals surface area contributed by atoms with Crippen LogP contribution in [0.2, 0.25) is 0 Å². The van der Waals surface area contributed by atoms with Crippen LogP contribution in [0.3, 0.4) is 0 Å². The fourth-order valence-corrected chi connectivity index (χ4v) is 1.81. The molecule has 0 atom stereocenters. The van der Waals surface area contributed by atoms with Crippen molar-refractivity contribution in [2.75, 3.05) is 38.2 Å². The van der Waals surface area contributed by atoms with Crippen molar-refractivity contribution in [3.8, 4) is 11.8 Å². The van der Waals surface area contributed by atoms with E-state index in [0.29, 0.717) is 32.0 Å². The maximum atomic E-state index is 13.7. The Labute approximate surface area is 116 Å². The molecular weight excluding hydrogens is 261 g/mol. The van der Waals surface area contributed by atoms with Gasteiger partial charge in [-0.2, -0.15) is 0 Å². The van der Waals surface area contributed by atoms with Gasteiger partial charge in [-0.25, -0.2) is 9.18 Å². The third-order valence-electron chi connectivity index (χ3n) is 2.84. The molecule has 20 heavy (non-hydrogen) atoms. The van der Waals surface area contributed by atoms with Gasteiger partial charge in [0.2, 0.25) is 0 Å². The number of benzene rings is 1. The molecule has 106 valence electrons. The number of hydrogen-bond donors (Lipinski definition) is 2. The predicted octanol–water partition coefficient (Wildman–Crippen LogP) is 1.000. The van der Waals surface area contributed by atoms with Crippen LogP contribution in [0.4, 0.5) is 14.9 Å². The number of nitrogens with two attached hydrogens (primary N) is 1. The Balaban J connectivity index is 2.02. The van der Waals surface area contributed by atoms with Gasteiger partial charge in [0, 0.05) is 18.8 Å². The summed E-state index contributed by atoms with van der Waals surface area (Å²) in [6, 6.07) is 4.13. The Morgan fingerprint density at radius 1 is 1.45 bits per heavy atom. The molecule has 1 aromatic carbocycles. The molecule has 0 spiro atoms. The molecule has 5 nitrogen and oxygen atoms in total. The molecule has 2 rings (SSSR count). The van der Waals surface area contributed by atoms with Gasteiger partial charge in [0.05, 0.1) is 25.3 Å². The minimum atomic E-state index is -0.481. The van der Waals surface area contributed by atoms with E-state index in [9.17, 15) is 9.18 Å². The summed E-state index contributed by atoms with van der Waals surface area (Å²) in [5.41, 5.74) is 5.90. The van der Waals surface area contributed by atoms with Gasteiger partial charge in [0.1, 0.15) is 5.82 Å². The molecule has 0 bridgehead atoms. The van der Waals surface area contributed by atoms with Crippen molar-refractivity contribution >= 4 is 11.7 Å². The first-order valence-electron chi connectivity index (χ1n) is 6.33. The molecule has 0 unspecified atom stereocenters. The Morgan fingerprint density at radius 3 is 2.85 bits per heavy atom. The molecule has 3 N–H and O–H groups in total. The van der Waals surface area contributed by atoms with Crippen LogP contribution in [0.5, 0.6) is 0 Å². The lowest BCUT2D eigenvalue weighted by molar-refractivity contribution is 0.0564. The van der Waals surface area contributed by atoms with Crippen LogP contribution in [-0.4, -0.2) is 43.8 Å². The van der Waals surface area contributed by atoms with Crippen molar-refractivity contribution in [3.05, 3.63) is 29.6 Å². The van der Waals surface area contributed by atoms with Crippen LogP contribution in [0.1, 0.15) is 5.56 Å². The number of nitrogens with one attached hydrogen (secondary N) is 1. The SMILES string of the molecule is NCC#Cc1ccc(NC(=O)N2CCOCC2)cc1F. The van der Waals surface area contributed by atoms with Crippen LogP contribution in [0.25, 0.3) is 0 Å². The Hall–Kier alpha value is -2.10. The average Bonchev–Trinajstić information content (AvgIpc) is 2.47. The third kappa shape index (κ3) is 3.70. The first kappa shape index (κ1) is 14.3. The van der Waals surface area contributed by atoms with Gasteiger partial charge >= 0.3 is 6.03 Å². The lowest BCUT2D eigenvalue weighted by Gasteiger charge is -2.26. The van der Waals surface area contributed by atoms with Crippen LogP contribution in [-0.2, 0) is 4.74 Å². The van der Waals surface area contributed by atoms with Gasteiger partial charge in [-0.3, -0.25) is 0 Å². The molecule has 1 aliphatic heterocycles. The van der Waals surface area contributed by atoms with Gasteiger partial charge < -0.3 is 20.7 Å². The topological polar surface area (TPSA) is 67.6 Å². The number of carbonyl (C=O) groups excluding carboxylic acids is 1. The number of ether oxygens (including phenoxy) is 1. The van der Waals surface area contributed by atoms with Gasteiger partial charge in [-0.1, -0.05) is 11.8 Å². The highest BCUT2D eigenvalue weighted by atomic mass is 19.1. The van der Waals surface area contributed by atoms with Crippen molar-refractivity contribution in [2.24, 2.45) is 5.73 Å². The molecule has 0 saturated carbocycles. The summed E-state index contributed by atoms with van der Waals surface area (Å²) in [6.45, 7) is 2.29. The van der Waals surface area contributed by atoms with Crippen molar-refractivity contribution in [2.45, 2.75) is 0 Å². The second-order valence-electron chi connectivity index (χ2n) is 4.23. The quantitative estimate of drug-likeness (QED) is 0.753. The maximum Gasteiger partial charge on any atom is 0.322 e. The molecule has 2 amide bonds.